The Balaban J connectivity index is 1.23. The van der Waals surface area contributed by atoms with E-state index in [0.717, 1.165) is 53.1 Å². The summed E-state index contributed by atoms with van der Waals surface area (Å²) in [4.78, 5) is 43.1. The van der Waals surface area contributed by atoms with Crippen molar-refractivity contribution in [3.8, 4) is 11.1 Å². The molecule has 3 aliphatic rings. The van der Waals surface area contributed by atoms with Gasteiger partial charge >= 0.3 is 6.09 Å². The van der Waals surface area contributed by atoms with Crippen LogP contribution in [-0.4, -0.2) is 63.2 Å². The third-order valence-corrected chi connectivity index (χ3v) is 8.03. The summed E-state index contributed by atoms with van der Waals surface area (Å²) < 4.78 is 21.0. The maximum Gasteiger partial charge on any atom is 0.418 e. The molecule has 3 heterocycles. The van der Waals surface area contributed by atoms with E-state index in [1.165, 1.54) is 12.1 Å². The number of benzene rings is 2. The van der Waals surface area contributed by atoms with Crippen LogP contribution in [-0.2, 0) is 39.9 Å². The second-order valence-corrected chi connectivity index (χ2v) is 10.5. The molecule has 1 spiro atoms. The number of fused-ring (bicyclic) bond motifs is 2. The van der Waals surface area contributed by atoms with Gasteiger partial charge in [-0.3, -0.25) is 14.3 Å². The van der Waals surface area contributed by atoms with Crippen molar-refractivity contribution in [2.45, 2.75) is 43.9 Å². The summed E-state index contributed by atoms with van der Waals surface area (Å²) in [6.07, 6.45) is 5.31. The normalized spacial score (nSPS) is 20.9. The van der Waals surface area contributed by atoms with E-state index in [-0.39, 0.29) is 24.3 Å². The molecule has 2 aliphatic heterocycles. The molecule has 2 aromatic carbocycles. The van der Waals surface area contributed by atoms with Crippen LogP contribution in [0.3, 0.4) is 0 Å². The second kappa shape index (κ2) is 9.92. The van der Waals surface area contributed by atoms with Crippen LogP contribution in [0.2, 0.25) is 0 Å². The molecule has 39 heavy (non-hydrogen) atoms. The number of nitrogens with one attached hydrogen (secondary N) is 1. The van der Waals surface area contributed by atoms with Crippen molar-refractivity contribution in [1.82, 2.24) is 24.9 Å². The number of aromatic nitrogens is 2. The first kappa shape index (κ1) is 25.2. The van der Waals surface area contributed by atoms with E-state index in [4.69, 9.17) is 4.74 Å². The molecule has 0 saturated carbocycles. The Morgan fingerprint density at radius 2 is 1.92 bits per heavy atom. The van der Waals surface area contributed by atoms with E-state index in [9.17, 15) is 18.8 Å². The van der Waals surface area contributed by atoms with E-state index < -0.39 is 24.1 Å². The number of aryl methyl sites for hydroxylation is 2. The minimum absolute atomic E-state index is 0.0513. The van der Waals surface area contributed by atoms with Gasteiger partial charge in [0.1, 0.15) is 12.4 Å². The average molecular weight is 532 g/mol. The molecule has 0 radical (unpaired) electrons. The standard InChI is InChI=1S/C29H30FN5O4/c1-33-17-22(15-32-33)20-4-7-25-21(14-20)8-11-29(25)27(37)35(28(38)39-29)18-26(36)34(24-9-12-31-13-10-24)16-19-2-5-23(30)6-3-19/h2-7,14-15,17,24,31H,8-13,16,18H2,1H3/t29-/m1/s1. The van der Waals surface area contributed by atoms with Crippen molar-refractivity contribution in [3.05, 3.63) is 77.4 Å². The average Bonchev–Trinajstić information content (AvgIpc) is 3.61. The molecule has 1 atom stereocenters. The van der Waals surface area contributed by atoms with E-state index in [2.05, 4.69) is 10.4 Å². The summed E-state index contributed by atoms with van der Waals surface area (Å²) >= 11 is 0. The Morgan fingerprint density at radius 3 is 2.64 bits per heavy atom. The zero-order valence-corrected chi connectivity index (χ0v) is 21.7. The molecule has 202 valence electrons. The monoisotopic (exact) mass is 531 g/mol. The van der Waals surface area contributed by atoms with E-state index in [1.54, 1.807) is 27.9 Å². The molecule has 1 aromatic heterocycles. The van der Waals surface area contributed by atoms with Gasteiger partial charge in [-0.2, -0.15) is 5.10 Å². The van der Waals surface area contributed by atoms with Crippen LogP contribution in [0.5, 0.6) is 0 Å². The molecule has 2 saturated heterocycles. The minimum atomic E-state index is -1.41. The fourth-order valence-corrected chi connectivity index (χ4v) is 5.95. The number of amides is 3. The molecular weight excluding hydrogens is 501 g/mol. The number of carbonyl (C=O) groups is 3. The van der Waals surface area contributed by atoms with Gasteiger partial charge in [-0.1, -0.05) is 30.3 Å². The number of imide groups is 1. The van der Waals surface area contributed by atoms with Crippen LogP contribution in [0.25, 0.3) is 11.1 Å². The van der Waals surface area contributed by atoms with Gasteiger partial charge in [-0.05, 0) is 61.2 Å². The largest absolute Gasteiger partial charge is 0.427 e. The summed E-state index contributed by atoms with van der Waals surface area (Å²) in [5, 5.41) is 7.52. The molecule has 9 nitrogen and oxygen atoms in total. The molecule has 3 aromatic rings. The Morgan fingerprint density at radius 1 is 1.15 bits per heavy atom. The molecule has 2 fully saturated rings. The van der Waals surface area contributed by atoms with Crippen molar-refractivity contribution in [2.24, 2.45) is 7.05 Å². The van der Waals surface area contributed by atoms with Gasteiger partial charge in [0.05, 0.1) is 6.20 Å². The predicted octanol–water partition coefficient (Wildman–Crippen LogP) is 3.13. The van der Waals surface area contributed by atoms with Gasteiger partial charge in [0, 0.05) is 43.4 Å². The fraction of sp³-hybridized carbons (Fsp3) is 0.379. The lowest BCUT2D eigenvalue weighted by molar-refractivity contribution is -0.143. The number of rotatable bonds is 6. The Hall–Kier alpha value is -4.05. The molecular formula is C29H30FN5O4. The van der Waals surface area contributed by atoms with Crippen LogP contribution >= 0.6 is 0 Å². The highest BCUT2D eigenvalue weighted by molar-refractivity contribution is 6.06. The Bertz CT molecular complexity index is 1430. The zero-order valence-electron chi connectivity index (χ0n) is 21.7. The van der Waals surface area contributed by atoms with Gasteiger partial charge < -0.3 is 15.0 Å². The number of hydrogen-bond donors (Lipinski definition) is 1. The quantitative estimate of drug-likeness (QED) is 0.525. The Kier molecular flexibility index (Phi) is 6.42. The van der Waals surface area contributed by atoms with Crippen LogP contribution in [0.4, 0.5) is 9.18 Å². The number of piperidine rings is 1. The number of ether oxygens (including phenoxy) is 1. The topological polar surface area (TPSA) is 96.8 Å². The van der Waals surface area contributed by atoms with Crippen molar-refractivity contribution in [3.63, 3.8) is 0 Å². The van der Waals surface area contributed by atoms with Crippen molar-refractivity contribution < 1.29 is 23.5 Å². The summed E-state index contributed by atoms with van der Waals surface area (Å²) in [5.41, 5.74) is 2.92. The van der Waals surface area contributed by atoms with Gasteiger partial charge in [-0.25, -0.2) is 14.1 Å². The van der Waals surface area contributed by atoms with E-state index in [0.29, 0.717) is 18.4 Å². The first-order valence-electron chi connectivity index (χ1n) is 13.3. The highest BCUT2D eigenvalue weighted by Crippen LogP contribution is 2.46. The zero-order chi connectivity index (χ0) is 27.1. The van der Waals surface area contributed by atoms with E-state index in [1.807, 2.05) is 31.4 Å². The number of nitrogens with zero attached hydrogens (tertiary/aromatic N) is 4. The van der Waals surface area contributed by atoms with Crippen LogP contribution < -0.4 is 5.32 Å². The fourth-order valence-electron chi connectivity index (χ4n) is 5.95. The summed E-state index contributed by atoms with van der Waals surface area (Å²) in [5.74, 6) is -1.18. The maximum atomic E-state index is 13.7. The SMILES string of the molecule is Cn1cc(-c2ccc3c(c2)CC[C@@]32OC(=O)N(CC(=O)N(Cc3ccc(F)cc3)C3CCNCC3)C2=O)cn1. The third-order valence-electron chi connectivity index (χ3n) is 8.03. The maximum absolute atomic E-state index is 13.7. The van der Waals surface area contributed by atoms with Gasteiger partial charge in [0.25, 0.3) is 5.91 Å². The highest BCUT2D eigenvalue weighted by Gasteiger charge is 2.58. The van der Waals surface area contributed by atoms with Crippen molar-refractivity contribution in [1.29, 1.82) is 0 Å². The summed E-state index contributed by atoms with van der Waals surface area (Å²) in [7, 11) is 1.85. The number of hydrogen-bond acceptors (Lipinski definition) is 6. The van der Waals surface area contributed by atoms with Crippen LogP contribution in [0.1, 0.15) is 36.0 Å². The smallest absolute Gasteiger partial charge is 0.418 e. The first-order valence-corrected chi connectivity index (χ1v) is 13.3. The lowest BCUT2D eigenvalue weighted by Crippen LogP contribution is -2.50. The molecule has 3 amide bonds. The summed E-state index contributed by atoms with van der Waals surface area (Å²) in [6.45, 7) is 1.41. The van der Waals surface area contributed by atoms with E-state index >= 15 is 0 Å². The molecule has 0 unspecified atom stereocenters. The molecule has 1 aliphatic carbocycles. The van der Waals surface area contributed by atoms with Crippen molar-refractivity contribution >= 4 is 17.9 Å². The minimum Gasteiger partial charge on any atom is -0.427 e. The number of halogens is 1. The van der Waals surface area contributed by atoms with Gasteiger partial charge in [0.15, 0.2) is 0 Å². The lowest BCUT2D eigenvalue weighted by atomic mass is 9.93. The van der Waals surface area contributed by atoms with Crippen LogP contribution in [0.15, 0.2) is 54.9 Å². The molecule has 0 bridgehead atoms. The van der Waals surface area contributed by atoms with Crippen LogP contribution in [0, 0.1) is 5.82 Å². The molecule has 6 rings (SSSR count). The summed E-state index contributed by atoms with van der Waals surface area (Å²) in [6, 6.07) is 11.7. The van der Waals surface area contributed by atoms with Gasteiger partial charge in [0.2, 0.25) is 11.5 Å². The highest BCUT2D eigenvalue weighted by atomic mass is 19.1. The van der Waals surface area contributed by atoms with Crippen molar-refractivity contribution in [2.75, 3.05) is 19.6 Å². The first-order chi connectivity index (χ1) is 18.8. The van der Waals surface area contributed by atoms with Gasteiger partial charge in [-0.15, -0.1) is 0 Å². The second-order valence-electron chi connectivity index (χ2n) is 10.5. The molecule has 1 N–H and O–H groups in total. The predicted molar refractivity (Wildman–Crippen MR) is 140 cm³/mol. The third kappa shape index (κ3) is 4.58. The lowest BCUT2D eigenvalue weighted by Gasteiger charge is -2.35. The molecule has 10 heteroatoms. The Labute approximate surface area is 225 Å². The number of carbonyl (C=O) groups excluding carboxylic acids is 3.